The fraction of sp³-hybridized carbons (Fsp3) is 0.0938. The van der Waals surface area contributed by atoms with Crippen molar-refractivity contribution in [2.75, 3.05) is 4.90 Å². The molecule has 1 fully saturated rings. The Kier molecular flexibility index (Phi) is 9.60. The van der Waals surface area contributed by atoms with Crippen LogP contribution in [0.2, 0.25) is 0 Å². The summed E-state index contributed by atoms with van der Waals surface area (Å²) in [7, 11) is 0. The van der Waals surface area contributed by atoms with E-state index < -0.39 is 0 Å². The van der Waals surface area contributed by atoms with E-state index in [1.54, 1.807) is 0 Å². The van der Waals surface area contributed by atoms with E-state index in [0.717, 1.165) is 55.8 Å². The lowest BCUT2D eigenvalue weighted by atomic mass is 9.80. The first-order valence-corrected chi connectivity index (χ1v) is 23.9. The lowest BCUT2D eigenvalue weighted by Gasteiger charge is -2.31. The lowest BCUT2D eigenvalue weighted by molar-refractivity contribution is 0.445. The molecule has 0 atom stereocenters. The van der Waals surface area contributed by atoms with Gasteiger partial charge in [-0.25, -0.2) is 0 Å². The minimum Gasteiger partial charge on any atom is -0.456 e. The van der Waals surface area contributed by atoms with Crippen molar-refractivity contribution in [3.8, 4) is 39.1 Å². The topological polar surface area (TPSA) is 21.3 Å². The molecular weight excluding hydrogens is 813 g/mol. The molecule has 320 valence electrons. The molecule has 2 heterocycles. The van der Waals surface area contributed by atoms with Gasteiger partial charge in [-0.2, -0.15) is 0 Å². The van der Waals surface area contributed by atoms with Crippen molar-refractivity contribution in [1.82, 2.24) is 4.57 Å². The van der Waals surface area contributed by atoms with Crippen LogP contribution in [0.1, 0.15) is 43.6 Å². The summed E-state index contributed by atoms with van der Waals surface area (Å²) in [5, 5.41) is 7.44. The van der Waals surface area contributed by atoms with Crippen molar-refractivity contribution in [2.24, 2.45) is 0 Å². The van der Waals surface area contributed by atoms with Crippen LogP contribution in [-0.4, -0.2) is 4.57 Å². The Morgan fingerprint density at radius 2 is 1.01 bits per heavy atom. The molecular formula is C64H48N2O. The number of aromatic nitrogens is 1. The van der Waals surface area contributed by atoms with Gasteiger partial charge in [0, 0.05) is 44.0 Å². The Morgan fingerprint density at radius 3 is 1.85 bits per heavy atom. The zero-order chi connectivity index (χ0) is 44.3. The number of hydrogen-bond donors (Lipinski definition) is 0. The van der Waals surface area contributed by atoms with Gasteiger partial charge in [-0.15, -0.1) is 0 Å². The summed E-state index contributed by atoms with van der Waals surface area (Å²) in [6, 6.07) is 82.3. The van der Waals surface area contributed by atoms with Gasteiger partial charge in [-0.05, 0) is 124 Å². The molecule has 67 heavy (non-hydrogen) atoms. The van der Waals surface area contributed by atoms with Crippen LogP contribution in [0, 0.1) is 0 Å². The highest BCUT2D eigenvalue weighted by Crippen LogP contribution is 2.49. The summed E-state index contributed by atoms with van der Waals surface area (Å²) in [6.45, 7) is 0. The molecule has 1 saturated carbocycles. The van der Waals surface area contributed by atoms with Gasteiger partial charge in [0.1, 0.15) is 11.2 Å². The molecule has 0 radical (unpaired) electrons. The quantitative estimate of drug-likeness (QED) is 0.152. The van der Waals surface area contributed by atoms with Crippen LogP contribution < -0.4 is 4.90 Å². The van der Waals surface area contributed by atoms with Gasteiger partial charge in [-0.1, -0.05) is 177 Å². The number of rotatable bonds is 8. The Bertz CT molecular complexity index is 3790. The second-order valence-electron chi connectivity index (χ2n) is 18.2. The van der Waals surface area contributed by atoms with E-state index in [9.17, 15) is 0 Å². The molecule has 10 aromatic carbocycles. The number of hydrogen-bond acceptors (Lipinski definition) is 2. The number of benzene rings is 10. The number of para-hydroxylation sites is 5. The van der Waals surface area contributed by atoms with Crippen LogP contribution in [0.5, 0.6) is 0 Å². The van der Waals surface area contributed by atoms with Crippen molar-refractivity contribution in [3.63, 3.8) is 0 Å². The molecule has 3 nitrogen and oxygen atoms in total. The molecule has 3 heteroatoms. The maximum Gasteiger partial charge on any atom is 0.136 e. The van der Waals surface area contributed by atoms with Gasteiger partial charge in [0.2, 0.25) is 0 Å². The van der Waals surface area contributed by atoms with Crippen molar-refractivity contribution >= 4 is 71.6 Å². The van der Waals surface area contributed by atoms with Crippen LogP contribution in [0.15, 0.2) is 229 Å². The largest absolute Gasteiger partial charge is 0.456 e. The van der Waals surface area contributed by atoms with Crippen LogP contribution in [0.3, 0.4) is 0 Å². The third-order valence-corrected chi connectivity index (χ3v) is 14.4. The molecule has 0 aliphatic heterocycles. The van der Waals surface area contributed by atoms with Crippen molar-refractivity contribution in [1.29, 1.82) is 0 Å². The Morgan fingerprint density at radius 1 is 0.403 bits per heavy atom. The average molecular weight is 861 g/mol. The minimum atomic E-state index is 0.564. The van der Waals surface area contributed by atoms with Crippen LogP contribution in [-0.2, 0) is 0 Å². The van der Waals surface area contributed by atoms with Crippen molar-refractivity contribution in [3.05, 3.63) is 230 Å². The second-order valence-corrected chi connectivity index (χ2v) is 18.2. The van der Waals surface area contributed by atoms with E-state index in [4.69, 9.17) is 4.42 Å². The van der Waals surface area contributed by atoms with Gasteiger partial charge >= 0.3 is 0 Å². The molecule has 13 rings (SSSR count). The third-order valence-electron chi connectivity index (χ3n) is 14.4. The normalized spacial score (nSPS) is 13.3. The molecule has 12 aromatic rings. The van der Waals surface area contributed by atoms with Crippen LogP contribution in [0.25, 0.3) is 93.6 Å². The monoisotopic (exact) mass is 860 g/mol. The molecule has 0 spiro atoms. The summed E-state index contributed by atoms with van der Waals surface area (Å²) in [6.07, 6.45) is 6.42. The van der Waals surface area contributed by atoms with Crippen molar-refractivity contribution < 1.29 is 4.42 Å². The molecule has 0 N–H and O–H groups in total. The van der Waals surface area contributed by atoms with E-state index in [0.29, 0.717) is 5.92 Å². The predicted octanol–water partition coefficient (Wildman–Crippen LogP) is 18.4. The zero-order valence-corrected chi connectivity index (χ0v) is 37.3. The number of anilines is 3. The number of nitrogens with zero attached hydrogens (tertiary/aromatic N) is 2. The fourth-order valence-electron chi connectivity index (χ4n) is 11.4. The maximum absolute atomic E-state index is 6.49. The first-order chi connectivity index (χ1) is 33.3. The Balaban J connectivity index is 1.01. The van der Waals surface area contributed by atoms with Crippen molar-refractivity contribution in [2.45, 2.75) is 38.0 Å². The Hall–Kier alpha value is -8.14. The molecule has 1 aliphatic rings. The van der Waals surface area contributed by atoms with Crippen LogP contribution in [0.4, 0.5) is 17.1 Å². The highest BCUT2D eigenvalue weighted by molar-refractivity contribution is 6.16. The minimum absolute atomic E-state index is 0.564. The smallest absolute Gasteiger partial charge is 0.136 e. The molecule has 0 bridgehead atoms. The van der Waals surface area contributed by atoms with E-state index in [2.05, 4.69) is 228 Å². The summed E-state index contributed by atoms with van der Waals surface area (Å²) in [5.74, 6) is 0.564. The second kappa shape index (κ2) is 16.4. The highest BCUT2D eigenvalue weighted by Gasteiger charge is 2.25. The lowest BCUT2D eigenvalue weighted by Crippen LogP contribution is -2.12. The Labute approximate surface area is 390 Å². The predicted molar refractivity (Wildman–Crippen MR) is 282 cm³/mol. The molecule has 1 aliphatic carbocycles. The summed E-state index contributed by atoms with van der Waals surface area (Å²) in [5.41, 5.74) is 17.3. The van der Waals surface area contributed by atoms with E-state index >= 15 is 0 Å². The van der Waals surface area contributed by atoms with Gasteiger partial charge in [-0.3, -0.25) is 0 Å². The molecule has 0 unspecified atom stereocenters. The summed E-state index contributed by atoms with van der Waals surface area (Å²) in [4.78, 5) is 2.49. The van der Waals surface area contributed by atoms with Gasteiger partial charge in [0.25, 0.3) is 0 Å². The van der Waals surface area contributed by atoms with Gasteiger partial charge in [0.15, 0.2) is 0 Å². The maximum atomic E-state index is 6.49. The van der Waals surface area contributed by atoms with E-state index in [1.165, 1.54) is 92.5 Å². The highest BCUT2D eigenvalue weighted by atomic mass is 16.3. The molecule has 0 amide bonds. The molecule has 2 aromatic heterocycles. The standard InChI is InChI=1S/C64H48N2O/c1-3-18-43(19-4-1)50-28-15-20-45-21-16-30-55(63(45)50)52-25-8-12-32-58(52)65(57-31-11-7-24-49(57)46-38-41-54-53-26-10-14-35-61(53)67-62(54)42-46)48-39-36-44(37-40-48)51-29-17-34-60-64(51)56-27-9-13-33-59(56)66(60)47-22-5-2-6-23-47/h2,5-17,20-43H,1,3-4,18-19H2. The van der Waals surface area contributed by atoms with Gasteiger partial charge < -0.3 is 13.9 Å². The van der Waals surface area contributed by atoms with Gasteiger partial charge in [0.05, 0.1) is 22.4 Å². The molecule has 0 saturated heterocycles. The third kappa shape index (κ3) is 6.64. The summed E-state index contributed by atoms with van der Waals surface area (Å²) < 4.78 is 8.88. The summed E-state index contributed by atoms with van der Waals surface area (Å²) >= 11 is 0. The first-order valence-electron chi connectivity index (χ1n) is 23.9. The first kappa shape index (κ1) is 39.2. The zero-order valence-electron chi connectivity index (χ0n) is 37.3. The average Bonchev–Trinajstić information content (AvgIpc) is 3.95. The van der Waals surface area contributed by atoms with E-state index in [-0.39, 0.29) is 0 Å². The number of fused-ring (bicyclic) bond motifs is 7. The number of furan rings is 1. The SMILES string of the molecule is c1ccc(-n2c3ccccc3c3c(-c4ccc(N(c5ccccc5-c5ccc6c(c5)oc5ccccc56)c5ccccc5-c5cccc6cccc(C7CCCCC7)c56)cc4)cccc32)cc1. The fourth-order valence-corrected chi connectivity index (χ4v) is 11.4. The van der Waals surface area contributed by atoms with Crippen LogP contribution >= 0.6 is 0 Å². The van der Waals surface area contributed by atoms with E-state index in [1.807, 2.05) is 6.07 Å².